The lowest BCUT2D eigenvalue weighted by Crippen LogP contribution is -2.68. The second kappa shape index (κ2) is 9.02. The van der Waals surface area contributed by atoms with Gasteiger partial charge in [-0.15, -0.1) is 0 Å². The summed E-state index contributed by atoms with van der Waals surface area (Å²) < 4.78 is 31.5. The van der Waals surface area contributed by atoms with Crippen LogP contribution in [0.4, 0.5) is 0 Å². The molecule has 0 spiro atoms. The van der Waals surface area contributed by atoms with Crippen molar-refractivity contribution in [3.8, 4) is 0 Å². The minimum atomic E-state index is -5.59. The van der Waals surface area contributed by atoms with E-state index in [9.17, 15) is 28.5 Å². The molecule has 0 amide bonds. The fraction of sp³-hybridized carbons (Fsp3) is 0.962. The van der Waals surface area contributed by atoms with Crippen molar-refractivity contribution in [1.82, 2.24) is 0 Å². The molecular weight excluding hydrogens is 470 g/mol. The third-order valence-corrected chi connectivity index (χ3v) is 12.5. The molecule has 4 saturated carbocycles. The highest BCUT2D eigenvalue weighted by Crippen LogP contribution is 2.68. The summed E-state index contributed by atoms with van der Waals surface area (Å²) in [5.41, 5.74) is 2.45. The van der Waals surface area contributed by atoms with E-state index in [-0.39, 0.29) is 17.8 Å². The Morgan fingerprint density at radius 3 is 2.29 bits per heavy atom. The highest BCUT2D eigenvalue weighted by atomic mass is 32.2. The minimum Gasteiger partial charge on any atom is -0.364 e. The van der Waals surface area contributed by atoms with Crippen molar-refractivity contribution in [3.05, 3.63) is 0 Å². The van der Waals surface area contributed by atoms with Crippen LogP contribution in [0.2, 0.25) is 0 Å². The molecule has 0 aromatic rings. The highest BCUT2D eigenvalue weighted by molar-refractivity contribution is 7.87. The van der Waals surface area contributed by atoms with E-state index in [4.69, 9.17) is 10.3 Å². The molecule has 4 rings (SSSR count). The first kappa shape index (κ1) is 27.5. The van der Waals surface area contributed by atoms with Gasteiger partial charge in [-0.05, 0) is 104 Å². The monoisotopic (exact) mass is 515 g/mol. The van der Waals surface area contributed by atoms with Crippen molar-refractivity contribution >= 4 is 15.9 Å². The average Bonchev–Trinajstić information content (AvgIpc) is 3.13. The molecule has 0 aliphatic heterocycles. The molecule has 4 aliphatic rings. The molecule has 4 fully saturated rings. The fourth-order valence-electron chi connectivity index (χ4n) is 9.40. The molecule has 8 nitrogen and oxygen atoms in total. The van der Waals surface area contributed by atoms with Gasteiger partial charge in [0.25, 0.3) is 0 Å². The van der Waals surface area contributed by atoms with Gasteiger partial charge in [0.15, 0.2) is 5.78 Å². The topological polar surface area (TPSA) is 158 Å². The summed E-state index contributed by atoms with van der Waals surface area (Å²) in [5.74, 6) is 2.44. The Balaban J connectivity index is 1.43. The van der Waals surface area contributed by atoms with Crippen LogP contribution in [0.5, 0.6) is 0 Å². The summed E-state index contributed by atoms with van der Waals surface area (Å²) in [5, 5.41) is 25.2. The van der Waals surface area contributed by atoms with E-state index in [1.807, 2.05) is 0 Å². The first-order valence-electron chi connectivity index (χ1n) is 13.5. The number of fused-ring (bicyclic) bond motifs is 5. The van der Waals surface area contributed by atoms with Crippen molar-refractivity contribution in [2.24, 2.45) is 52.1 Å². The maximum absolute atomic E-state index is 12.5. The minimum absolute atomic E-state index is 0.125. The van der Waals surface area contributed by atoms with Gasteiger partial charge in [0.05, 0.1) is 0 Å². The Labute approximate surface area is 209 Å². The summed E-state index contributed by atoms with van der Waals surface area (Å²) in [6.45, 7) is 7.07. The van der Waals surface area contributed by atoms with Gasteiger partial charge in [0.2, 0.25) is 5.72 Å². The van der Waals surface area contributed by atoms with E-state index >= 15 is 0 Å². The molecule has 0 heterocycles. The Morgan fingerprint density at radius 1 is 0.971 bits per heavy atom. The number of aliphatic hydroxyl groups is 3. The smallest absolute Gasteiger partial charge is 0.346 e. The second-order valence-corrected chi connectivity index (χ2v) is 14.4. The Hall–Kier alpha value is -0.580. The summed E-state index contributed by atoms with van der Waals surface area (Å²) in [7, 11) is -5.59. The van der Waals surface area contributed by atoms with Crippen LogP contribution >= 0.6 is 0 Å². The van der Waals surface area contributed by atoms with E-state index in [0.29, 0.717) is 23.7 Å². The van der Waals surface area contributed by atoms with Crippen LogP contribution in [0.25, 0.3) is 0 Å². The van der Waals surface area contributed by atoms with E-state index in [1.165, 1.54) is 57.8 Å². The standard InChI is InChI=1S/C26H45NO7S/c1-16(7-12-22(28)25(27,29)26(30,31)35(32,33)34)19-10-11-20-18-9-8-17-6-4-5-14-23(17,2)21(18)13-15-24(19,20)3/h16-21,29-31H,4-15,27H2,1-3H3,(H,32,33,34)/t16-,17?,18?,19-,20?,21?,23+,24-,25?/m1/s1. The predicted molar refractivity (Wildman–Crippen MR) is 131 cm³/mol. The van der Waals surface area contributed by atoms with Crippen LogP contribution < -0.4 is 5.73 Å². The number of rotatable bonds is 7. The summed E-state index contributed by atoms with van der Waals surface area (Å²) >= 11 is 0. The zero-order chi connectivity index (χ0) is 26.0. The van der Waals surface area contributed by atoms with Crippen molar-refractivity contribution in [3.63, 3.8) is 0 Å². The molecule has 0 saturated heterocycles. The van der Waals surface area contributed by atoms with Gasteiger partial charge in [-0.3, -0.25) is 15.1 Å². The lowest BCUT2D eigenvalue weighted by atomic mass is 9.44. The molecule has 0 aromatic carbocycles. The van der Waals surface area contributed by atoms with Gasteiger partial charge in [0.1, 0.15) is 0 Å². The predicted octanol–water partition coefficient (Wildman–Crippen LogP) is 3.19. The number of carbonyl (C=O) groups is 1. The van der Waals surface area contributed by atoms with Crippen molar-refractivity contribution < 1.29 is 33.1 Å². The molecule has 35 heavy (non-hydrogen) atoms. The number of Topliss-reactive ketones (excluding diaryl/α,β-unsaturated/α-hetero) is 1. The van der Waals surface area contributed by atoms with E-state index in [1.54, 1.807) is 0 Å². The molecule has 9 atom stereocenters. The third-order valence-electron chi connectivity index (χ3n) is 11.5. The lowest BCUT2D eigenvalue weighted by molar-refractivity contribution is -0.216. The third kappa shape index (κ3) is 4.22. The quantitative estimate of drug-likeness (QED) is 0.255. The molecule has 5 unspecified atom stereocenters. The number of carbonyl (C=O) groups excluding carboxylic acids is 1. The Bertz CT molecular complexity index is 934. The molecule has 9 heteroatoms. The summed E-state index contributed by atoms with van der Waals surface area (Å²) in [4.78, 5) is 12.5. The normalized spacial score (nSPS) is 42.3. The largest absolute Gasteiger partial charge is 0.364 e. The maximum atomic E-state index is 12.5. The number of ketones is 1. The summed E-state index contributed by atoms with van der Waals surface area (Å²) in [6, 6.07) is 0. The number of hydrogen-bond donors (Lipinski definition) is 5. The van der Waals surface area contributed by atoms with Crippen molar-refractivity contribution in [2.45, 2.75) is 109 Å². The SMILES string of the molecule is C[C@H](CCC(=O)C(N)(O)C(O)(O)S(=O)(=O)O)[C@H]1CCC2C3CCC4CCCC[C@]4(C)C3CC[C@@]21C. The van der Waals surface area contributed by atoms with Crippen LogP contribution in [-0.4, -0.2) is 44.9 Å². The van der Waals surface area contributed by atoms with Crippen molar-refractivity contribution in [2.75, 3.05) is 0 Å². The molecule has 202 valence electrons. The lowest BCUT2D eigenvalue weighted by Gasteiger charge is -2.61. The van der Waals surface area contributed by atoms with E-state index in [0.717, 1.165) is 24.2 Å². The van der Waals surface area contributed by atoms with Crippen LogP contribution in [-0.2, 0) is 14.9 Å². The number of nitrogens with two attached hydrogens (primary N) is 1. The fourth-order valence-corrected chi connectivity index (χ4v) is 9.91. The van der Waals surface area contributed by atoms with Gasteiger partial charge in [0, 0.05) is 6.42 Å². The van der Waals surface area contributed by atoms with Crippen LogP contribution in [0.3, 0.4) is 0 Å². The maximum Gasteiger partial charge on any atom is 0.346 e. The van der Waals surface area contributed by atoms with Crippen LogP contribution in [0.1, 0.15) is 97.8 Å². The van der Waals surface area contributed by atoms with Crippen LogP contribution in [0, 0.1) is 46.3 Å². The second-order valence-electron chi connectivity index (χ2n) is 12.9. The number of hydrogen-bond acceptors (Lipinski definition) is 7. The molecule has 0 bridgehead atoms. The molecule has 6 N–H and O–H groups in total. The molecule has 0 aromatic heterocycles. The van der Waals surface area contributed by atoms with Crippen LogP contribution in [0.15, 0.2) is 0 Å². The molecule has 0 radical (unpaired) electrons. The van der Waals surface area contributed by atoms with Gasteiger partial charge < -0.3 is 15.3 Å². The first-order chi connectivity index (χ1) is 16.1. The Kier molecular flexibility index (Phi) is 7.07. The zero-order valence-corrected chi connectivity index (χ0v) is 22.3. The van der Waals surface area contributed by atoms with Gasteiger partial charge >= 0.3 is 15.2 Å². The molecular formula is C26H45NO7S. The molecule has 4 aliphatic carbocycles. The average molecular weight is 516 g/mol. The van der Waals surface area contributed by atoms with Gasteiger partial charge in [-0.1, -0.05) is 33.6 Å². The van der Waals surface area contributed by atoms with E-state index < -0.39 is 26.7 Å². The summed E-state index contributed by atoms with van der Waals surface area (Å²) in [6.07, 6.45) is 13.0. The zero-order valence-electron chi connectivity index (χ0n) is 21.4. The van der Waals surface area contributed by atoms with Crippen molar-refractivity contribution in [1.29, 1.82) is 0 Å². The van der Waals surface area contributed by atoms with Gasteiger partial charge in [-0.25, -0.2) is 0 Å². The van der Waals surface area contributed by atoms with E-state index in [2.05, 4.69) is 20.8 Å². The highest BCUT2D eigenvalue weighted by Gasteiger charge is 2.62. The van der Waals surface area contributed by atoms with Gasteiger partial charge in [-0.2, -0.15) is 8.42 Å². The first-order valence-corrected chi connectivity index (χ1v) is 15.0. The Morgan fingerprint density at radius 2 is 1.63 bits per heavy atom.